The highest BCUT2D eigenvalue weighted by molar-refractivity contribution is 7.07. The molecule has 0 saturated heterocycles. The van der Waals surface area contributed by atoms with Crippen LogP contribution in [0.15, 0.2) is 23.2 Å². The Kier molecular flexibility index (Phi) is 3.82. The van der Waals surface area contributed by atoms with E-state index in [0.717, 1.165) is 11.5 Å². The van der Waals surface area contributed by atoms with E-state index < -0.39 is 0 Å². The minimum Gasteiger partial charge on any atom is -0.479 e. The molecule has 0 aliphatic heterocycles. The lowest BCUT2D eigenvalue weighted by molar-refractivity contribution is 0.401. The lowest BCUT2D eigenvalue weighted by atomic mass is 10.2. The summed E-state index contributed by atoms with van der Waals surface area (Å²) in [5.41, 5.74) is 2.59. The number of imidazole rings is 1. The number of nitrogens with zero attached hydrogens (tertiary/aromatic N) is 4. The number of ether oxygens (including phenoxy) is 1. The fourth-order valence-corrected chi connectivity index (χ4v) is 3.28. The first kappa shape index (κ1) is 14.3. The average molecular weight is 323 g/mol. The van der Waals surface area contributed by atoms with Gasteiger partial charge in [-0.05, 0) is 36.2 Å². The van der Waals surface area contributed by atoms with Gasteiger partial charge in [0.05, 0.1) is 18.5 Å². The molecule has 0 saturated carbocycles. The van der Waals surface area contributed by atoms with Crippen molar-refractivity contribution in [2.45, 2.75) is 25.3 Å². The lowest BCUT2D eigenvalue weighted by Gasteiger charge is -2.17. The van der Waals surface area contributed by atoms with Gasteiger partial charge in [0.1, 0.15) is 12.2 Å². The minimum atomic E-state index is -0.231. The molecule has 0 radical (unpaired) electrons. The van der Waals surface area contributed by atoms with Crippen molar-refractivity contribution in [2.24, 2.45) is 0 Å². The van der Waals surface area contributed by atoms with Crippen LogP contribution in [-0.4, -0.2) is 26.6 Å². The zero-order chi connectivity index (χ0) is 15.0. The third-order valence-corrected chi connectivity index (χ3v) is 4.33. The topological polar surface area (TPSA) is 52.8 Å². The molecule has 0 aromatic carbocycles. The van der Waals surface area contributed by atoms with Gasteiger partial charge in [0, 0.05) is 0 Å². The molecule has 0 amide bonds. The molecule has 0 bridgehead atoms. The highest BCUT2D eigenvalue weighted by Gasteiger charge is 2.23. The van der Waals surface area contributed by atoms with Crippen LogP contribution < -0.4 is 4.74 Å². The van der Waals surface area contributed by atoms with Crippen molar-refractivity contribution in [3.05, 3.63) is 34.5 Å². The molecule has 2 atom stereocenters. The molecule has 0 spiro atoms. The van der Waals surface area contributed by atoms with Crippen LogP contribution in [0.2, 0.25) is 0 Å². The van der Waals surface area contributed by atoms with Crippen molar-refractivity contribution in [2.75, 3.05) is 7.11 Å². The van der Waals surface area contributed by atoms with Crippen molar-refractivity contribution in [1.29, 1.82) is 0 Å². The highest BCUT2D eigenvalue weighted by atomic mass is 35.5. The zero-order valence-corrected chi connectivity index (χ0v) is 13.5. The smallest absolute Gasteiger partial charge is 0.245 e. The average Bonchev–Trinajstić information content (AvgIpc) is 3.13. The molecule has 2 unspecified atom stereocenters. The summed E-state index contributed by atoms with van der Waals surface area (Å²) >= 11 is 7.98. The fourth-order valence-electron chi connectivity index (χ4n) is 2.38. The standard InChI is InChI=1S/C14H15ClN4OS/c1-8(15)12-18-11-13(16-7-17-14(11)20-3)19(12)9(2)10-4-5-21-6-10/h4-9H,1-3H3. The van der Waals surface area contributed by atoms with E-state index in [2.05, 4.69) is 43.3 Å². The third kappa shape index (κ3) is 2.38. The maximum absolute atomic E-state index is 6.31. The van der Waals surface area contributed by atoms with Crippen LogP contribution in [0, 0.1) is 0 Å². The predicted molar refractivity (Wildman–Crippen MR) is 84.3 cm³/mol. The van der Waals surface area contributed by atoms with E-state index >= 15 is 0 Å². The second-order valence-corrected chi connectivity index (χ2v) is 6.18. The number of rotatable bonds is 4. The molecular weight excluding hydrogens is 308 g/mol. The first-order valence-electron chi connectivity index (χ1n) is 6.56. The largest absolute Gasteiger partial charge is 0.479 e. The number of hydrogen-bond donors (Lipinski definition) is 0. The normalized spacial score (nSPS) is 14.3. The Morgan fingerprint density at radius 3 is 2.76 bits per heavy atom. The Morgan fingerprint density at radius 1 is 1.33 bits per heavy atom. The van der Waals surface area contributed by atoms with Crippen LogP contribution in [0.1, 0.15) is 36.7 Å². The molecule has 7 heteroatoms. The minimum absolute atomic E-state index is 0.0945. The van der Waals surface area contributed by atoms with Gasteiger partial charge in [-0.2, -0.15) is 16.3 Å². The summed E-state index contributed by atoms with van der Waals surface area (Å²) in [4.78, 5) is 13.1. The van der Waals surface area contributed by atoms with Crippen molar-refractivity contribution < 1.29 is 4.74 Å². The Balaban J connectivity index is 2.26. The number of fused-ring (bicyclic) bond motifs is 1. The molecule has 5 nitrogen and oxygen atoms in total. The molecule has 0 aliphatic rings. The van der Waals surface area contributed by atoms with Crippen LogP contribution in [0.5, 0.6) is 5.88 Å². The highest BCUT2D eigenvalue weighted by Crippen LogP contribution is 2.32. The Bertz CT molecular complexity index is 754. The Hall–Kier alpha value is -1.66. The fraction of sp³-hybridized carbons (Fsp3) is 0.357. The van der Waals surface area contributed by atoms with Gasteiger partial charge in [0.25, 0.3) is 0 Å². The number of halogens is 1. The molecule has 110 valence electrons. The van der Waals surface area contributed by atoms with Gasteiger partial charge >= 0.3 is 0 Å². The van der Waals surface area contributed by atoms with E-state index in [4.69, 9.17) is 16.3 Å². The zero-order valence-electron chi connectivity index (χ0n) is 11.9. The third-order valence-electron chi connectivity index (χ3n) is 3.43. The van der Waals surface area contributed by atoms with E-state index in [1.807, 2.05) is 6.92 Å². The molecule has 3 rings (SSSR count). The van der Waals surface area contributed by atoms with E-state index in [1.54, 1.807) is 18.4 Å². The molecular formula is C14H15ClN4OS. The number of aromatic nitrogens is 4. The van der Waals surface area contributed by atoms with Gasteiger partial charge in [-0.1, -0.05) is 0 Å². The van der Waals surface area contributed by atoms with Gasteiger partial charge in [-0.25, -0.2) is 9.97 Å². The lowest BCUT2D eigenvalue weighted by Crippen LogP contribution is -2.11. The van der Waals surface area contributed by atoms with Gasteiger partial charge in [-0.15, -0.1) is 11.6 Å². The van der Waals surface area contributed by atoms with Crippen molar-refractivity contribution in [1.82, 2.24) is 19.5 Å². The van der Waals surface area contributed by atoms with Crippen molar-refractivity contribution >= 4 is 34.1 Å². The first-order chi connectivity index (χ1) is 10.1. The molecule has 0 N–H and O–H groups in total. The Morgan fingerprint density at radius 2 is 2.14 bits per heavy atom. The summed E-state index contributed by atoms with van der Waals surface area (Å²) in [5.74, 6) is 1.24. The molecule has 0 aliphatic carbocycles. The summed E-state index contributed by atoms with van der Waals surface area (Å²) in [6.45, 7) is 4.01. The maximum Gasteiger partial charge on any atom is 0.245 e. The Labute approximate surface area is 131 Å². The van der Waals surface area contributed by atoms with Crippen LogP contribution in [0.3, 0.4) is 0 Å². The molecule has 21 heavy (non-hydrogen) atoms. The van der Waals surface area contributed by atoms with Crippen LogP contribution >= 0.6 is 22.9 Å². The van der Waals surface area contributed by atoms with E-state index in [0.29, 0.717) is 11.4 Å². The summed E-state index contributed by atoms with van der Waals surface area (Å²) in [5, 5.41) is 3.95. The van der Waals surface area contributed by atoms with Crippen LogP contribution in [0.4, 0.5) is 0 Å². The maximum atomic E-state index is 6.31. The quantitative estimate of drug-likeness (QED) is 0.685. The SMILES string of the molecule is COc1ncnc2c1nc(C(C)Cl)n2C(C)c1ccsc1. The van der Waals surface area contributed by atoms with Crippen LogP contribution in [-0.2, 0) is 0 Å². The van der Waals surface area contributed by atoms with E-state index in [9.17, 15) is 0 Å². The van der Waals surface area contributed by atoms with Gasteiger partial charge < -0.3 is 9.30 Å². The summed E-state index contributed by atoms with van der Waals surface area (Å²) in [6.07, 6.45) is 1.49. The number of alkyl halides is 1. The number of hydrogen-bond acceptors (Lipinski definition) is 5. The molecule has 0 fully saturated rings. The van der Waals surface area contributed by atoms with Crippen molar-refractivity contribution in [3.63, 3.8) is 0 Å². The summed E-state index contributed by atoms with van der Waals surface area (Å²) in [6, 6.07) is 2.19. The van der Waals surface area contributed by atoms with Gasteiger partial charge in [0.15, 0.2) is 11.2 Å². The van der Waals surface area contributed by atoms with Gasteiger partial charge in [-0.3, -0.25) is 0 Å². The van der Waals surface area contributed by atoms with Crippen molar-refractivity contribution in [3.8, 4) is 5.88 Å². The predicted octanol–water partition coefficient (Wildman–Crippen LogP) is 3.81. The van der Waals surface area contributed by atoms with Gasteiger partial charge in [0.2, 0.25) is 5.88 Å². The first-order valence-corrected chi connectivity index (χ1v) is 7.94. The van der Waals surface area contributed by atoms with Crippen LogP contribution in [0.25, 0.3) is 11.2 Å². The molecule has 3 aromatic rings. The second kappa shape index (κ2) is 5.61. The van der Waals surface area contributed by atoms with E-state index in [1.165, 1.54) is 11.9 Å². The second-order valence-electron chi connectivity index (χ2n) is 4.74. The number of thiophene rings is 1. The number of methoxy groups -OCH3 is 1. The molecule has 3 heterocycles. The summed E-state index contributed by atoms with van der Waals surface area (Å²) < 4.78 is 7.33. The summed E-state index contributed by atoms with van der Waals surface area (Å²) in [7, 11) is 1.58. The van der Waals surface area contributed by atoms with E-state index in [-0.39, 0.29) is 11.4 Å². The molecule has 3 aromatic heterocycles. The monoisotopic (exact) mass is 322 g/mol.